The van der Waals surface area contributed by atoms with Gasteiger partial charge < -0.3 is 0 Å². The molecule has 18 heavy (non-hydrogen) atoms. The molecule has 0 saturated carbocycles. The molecule has 0 aliphatic heterocycles. The average Bonchev–Trinajstić information content (AvgIpc) is 2.36. The quantitative estimate of drug-likeness (QED) is 0.521. The summed E-state index contributed by atoms with van der Waals surface area (Å²) >= 11 is 0. The maximum absolute atomic E-state index is 4.26. The number of aryl methyl sites for hydroxylation is 2. The van der Waals surface area contributed by atoms with Gasteiger partial charge in [-0.2, -0.15) is 0 Å². The zero-order valence-electron chi connectivity index (χ0n) is 10.9. The van der Waals surface area contributed by atoms with E-state index in [0.717, 1.165) is 10.4 Å². The van der Waals surface area contributed by atoms with E-state index in [9.17, 15) is 0 Å². The number of benzene rings is 3. The van der Waals surface area contributed by atoms with Gasteiger partial charge >= 0.3 is 0 Å². The standard InChI is InChI=1S/C18H16/c1-11-5-7-15-14(4)18-10-12(2)6-8-16(18)13(3)17(15)9-11/h5-10H,3-4H2,1-2H3. The third kappa shape index (κ3) is 1.46. The second-order valence-electron chi connectivity index (χ2n) is 5.06. The van der Waals surface area contributed by atoms with Gasteiger partial charge in [0.15, 0.2) is 0 Å². The molecule has 3 aromatic carbocycles. The molecule has 0 heterocycles. The molecule has 0 nitrogen and oxygen atoms in total. The van der Waals surface area contributed by atoms with E-state index in [4.69, 9.17) is 0 Å². The largest absolute Gasteiger partial charge is 0.0905 e. The lowest BCUT2D eigenvalue weighted by molar-refractivity contribution is 1.48. The molecule has 0 spiro atoms. The van der Waals surface area contributed by atoms with E-state index in [2.05, 4.69) is 63.4 Å². The van der Waals surface area contributed by atoms with Crippen molar-refractivity contribution in [3.63, 3.8) is 0 Å². The van der Waals surface area contributed by atoms with Crippen LogP contribution in [0, 0.1) is 13.8 Å². The predicted octanol–water partition coefficient (Wildman–Crippen LogP) is 3.43. The number of rotatable bonds is 0. The van der Waals surface area contributed by atoms with Crippen molar-refractivity contribution in [2.24, 2.45) is 0 Å². The van der Waals surface area contributed by atoms with Gasteiger partial charge in [-0.3, -0.25) is 0 Å². The average molecular weight is 232 g/mol. The smallest absolute Gasteiger partial charge is 0.0102 e. The number of hydrogen-bond acceptors (Lipinski definition) is 0. The Labute approximate surface area is 107 Å². The zero-order chi connectivity index (χ0) is 12.9. The molecule has 0 heteroatoms. The molecule has 0 bridgehead atoms. The van der Waals surface area contributed by atoms with Gasteiger partial charge in [0.1, 0.15) is 0 Å². The van der Waals surface area contributed by atoms with Crippen LogP contribution < -0.4 is 10.4 Å². The van der Waals surface area contributed by atoms with Crippen LogP contribution in [-0.2, 0) is 0 Å². The van der Waals surface area contributed by atoms with Gasteiger partial charge in [-0.1, -0.05) is 60.7 Å². The Morgan fingerprint density at radius 1 is 0.611 bits per heavy atom. The molecule has 3 rings (SSSR count). The predicted molar refractivity (Wildman–Crippen MR) is 81.2 cm³/mol. The van der Waals surface area contributed by atoms with Gasteiger partial charge in [0, 0.05) is 0 Å². The highest BCUT2D eigenvalue weighted by Crippen LogP contribution is 2.15. The van der Waals surface area contributed by atoms with E-state index in [1.54, 1.807) is 0 Å². The molecule has 0 radical (unpaired) electrons. The van der Waals surface area contributed by atoms with Gasteiger partial charge in [0.2, 0.25) is 0 Å². The molecule has 0 amide bonds. The van der Waals surface area contributed by atoms with Crippen molar-refractivity contribution in [2.45, 2.75) is 13.8 Å². The van der Waals surface area contributed by atoms with E-state index in [1.165, 1.54) is 32.7 Å². The minimum Gasteiger partial charge on any atom is -0.0905 e. The van der Waals surface area contributed by atoms with Crippen molar-refractivity contribution in [1.82, 2.24) is 0 Å². The fraction of sp³-hybridized carbons (Fsp3) is 0.111. The van der Waals surface area contributed by atoms with E-state index >= 15 is 0 Å². The van der Waals surface area contributed by atoms with Crippen molar-refractivity contribution in [3.8, 4) is 0 Å². The van der Waals surface area contributed by atoms with Crippen molar-refractivity contribution >= 4 is 34.7 Å². The molecule has 0 atom stereocenters. The van der Waals surface area contributed by atoms with Crippen LogP contribution in [0.15, 0.2) is 36.4 Å². The maximum Gasteiger partial charge on any atom is -0.0102 e. The molecule has 0 fully saturated rings. The molecule has 0 aromatic heterocycles. The summed E-state index contributed by atoms with van der Waals surface area (Å²) < 4.78 is 0. The molecule has 0 aliphatic carbocycles. The summed E-state index contributed by atoms with van der Waals surface area (Å²) in [5, 5.41) is 7.08. The molecule has 3 aromatic rings. The first-order valence-corrected chi connectivity index (χ1v) is 6.18. The SMILES string of the molecule is C=c1c2ccc(C)cc2c(=C)c2ccc(C)cc12. The second kappa shape index (κ2) is 3.71. The summed E-state index contributed by atoms with van der Waals surface area (Å²) in [7, 11) is 0. The lowest BCUT2D eigenvalue weighted by atomic mass is 9.96. The van der Waals surface area contributed by atoms with Crippen molar-refractivity contribution in [3.05, 3.63) is 58.0 Å². The Morgan fingerprint density at radius 2 is 1.00 bits per heavy atom. The highest BCUT2D eigenvalue weighted by atomic mass is 14.1. The number of fused-ring (bicyclic) bond motifs is 2. The van der Waals surface area contributed by atoms with Crippen LogP contribution >= 0.6 is 0 Å². The first-order chi connectivity index (χ1) is 8.58. The lowest BCUT2D eigenvalue weighted by Crippen LogP contribution is -2.12. The van der Waals surface area contributed by atoms with Gasteiger partial charge in [-0.15, -0.1) is 0 Å². The Balaban J connectivity index is 2.70. The van der Waals surface area contributed by atoms with E-state index in [-0.39, 0.29) is 0 Å². The minimum atomic E-state index is 1.11. The topological polar surface area (TPSA) is 0 Å². The first-order valence-electron chi connectivity index (χ1n) is 6.18. The minimum absolute atomic E-state index is 1.11. The van der Waals surface area contributed by atoms with Crippen LogP contribution in [0.3, 0.4) is 0 Å². The summed E-state index contributed by atoms with van der Waals surface area (Å²) in [6, 6.07) is 13.0. The summed E-state index contributed by atoms with van der Waals surface area (Å²) in [4.78, 5) is 0. The summed E-state index contributed by atoms with van der Waals surface area (Å²) in [6.07, 6.45) is 0. The third-order valence-corrected chi connectivity index (χ3v) is 3.65. The molecule has 0 N–H and O–H groups in total. The Hall–Kier alpha value is -2.08. The van der Waals surface area contributed by atoms with E-state index in [1.807, 2.05) is 0 Å². The third-order valence-electron chi connectivity index (χ3n) is 3.65. The maximum atomic E-state index is 4.26. The Morgan fingerprint density at radius 3 is 1.39 bits per heavy atom. The molecular formula is C18H16. The molecule has 0 aliphatic rings. The van der Waals surface area contributed by atoms with E-state index < -0.39 is 0 Å². The molecular weight excluding hydrogens is 216 g/mol. The Bertz CT molecular complexity index is 795. The van der Waals surface area contributed by atoms with E-state index in [0.29, 0.717) is 0 Å². The van der Waals surface area contributed by atoms with Crippen molar-refractivity contribution < 1.29 is 0 Å². The second-order valence-corrected chi connectivity index (χ2v) is 5.06. The fourth-order valence-corrected chi connectivity index (χ4v) is 2.63. The van der Waals surface area contributed by atoms with Crippen LogP contribution in [-0.4, -0.2) is 0 Å². The zero-order valence-corrected chi connectivity index (χ0v) is 10.9. The summed E-state index contributed by atoms with van der Waals surface area (Å²) in [5.74, 6) is 0. The summed E-state index contributed by atoms with van der Waals surface area (Å²) in [6.45, 7) is 12.7. The lowest BCUT2D eigenvalue weighted by Gasteiger charge is -2.07. The van der Waals surface area contributed by atoms with Crippen LogP contribution in [0.1, 0.15) is 11.1 Å². The normalized spacial score (nSPS) is 11.2. The first kappa shape index (κ1) is 11.0. The molecule has 0 unspecified atom stereocenters. The van der Waals surface area contributed by atoms with Gasteiger partial charge in [0.25, 0.3) is 0 Å². The van der Waals surface area contributed by atoms with Gasteiger partial charge in [-0.05, 0) is 45.8 Å². The molecule has 88 valence electrons. The van der Waals surface area contributed by atoms with Crippen LogP contribution in [0.5, 0.6) is 0 Å². The van der Waals surface area contributed by atoms with Gasteiger partial charge in [-0.25, -0.2) is 0 Å². The van der Waals surface area contributed by atoms with Crippen LogP contribution in [0.25, 0.3) is 34.7 Å². The van der Waals surface area contributed by atoms with Crippen LogP contribution in [0.2, 0.25) is 0 Å². The van der Waals surface area contributed by atoms with Crippen LogP contribution in [0.4, 0.5) is 0 Å². The number of hydrogen-bond donors (Lipinski definition) is 0. The fourth-order valence-electron chi connectivity index (χ4n) is 2.63. The molecule has 0 saturated heterocycles. The van der Waals surface area contributed by atoms with Gasteiger partial charge in [0.05, 0.1) is 0 Å². The van der Waals surface area contributed by atoms with Crippen molar-refractivity contribution in [2.75, 3.05) is 0 Å². The Kier molecular flexibility index (Phi) is 2.27. The highest BCUT2D eigenvalue weighted by Gasteiger charge is 2.03. The highest BCUT2D eigenvalue weighted by molar-refractivity contribution is 5.99. The summed E-state index contributed by atoms with van der Waals surface area (Å²) in [5.41, 5.74) is 2.52. The monoisotopic (exact) mass is 232 g/mol. The van der Waals surface area contributed by atoms with Crippen molar-refractivity contribution in [1.29, 1.82) is 0 Å².